The summed E-state index contributed by atoms with van der Waals surface area (Å²) >= 11 is 0. The highest BCUT2D eigenvalue weighted by atomic mass is 16.3. The average molecular weight is 232 g/mol. The van der Waals surface area contributed by atoms with Crippen molar-refractivity contribution >= 4 is 16.7 Å². The largest absolute Gasteiger partial charge is 0.386 e. The first-order chi connectivity index (χ1) is 8.13. The third-order valence-electron chi connectivity index (χ3n) is 2.84. The SMILES string of the molecule is CCn1nc(CC(=O)C(C)O)c2ccccc21. The first-order valence-corrected chi connectivity index (χ1v) is 5.78. The molecule has 17 heavy (non-hydrogen) atoms. The summed E-state index contributed by atoms with van der Waals surface area (Å²) in [6.07, 6.45) is -0.744. The first kappa shape index (κ1) is 11.8. The molecule has 2 rings (SSSR count). The number of fused-ring (bicyclic) bond motifs is 1. The molecule has 0 fully saturated rings. The Morgan fingerprint density at radius 1 is 1.47 bits per heavy atom. The minimum atomic E-state index is -0.930. The number of carbonyl (C=O) groups excluding carboxylic acids is 1. The number of aliphatic hydroxyl groups is 1. The molecule has 0 bridgehead atoms. The van der Waals surface area contributed by atoms with Gasteiger partial charge in [-0.2, -0.15) is 5.10 Å². The van der Waals surface area contributed by atoms with Crippen LogP contribution in [0, 0.1) is 0 Å². The molecule has 0 aliphatic carbocycles. The van der Waals surface area contributed by atoms with E-state index in [9.17, 15) is 9.90 Å². The van der Waals surface area contributed by atoms with Crippen LogP contribution in [-0.2, 0) is 17.8 Å². The summed E-state index contributed by atoms with van der Waals surface area (Å²) < 4.78 is 1.87. The zero-order chi connectivity index (χ0) is 12.4. The van der Waals surface area contributed by atoms with E-state index < -0.39 is 6.10 Å². The van der Waals surface area contributed by atoms with Crippen LogP contribution >= 0.6 is 0 Å². The molecular formula is C13H16N2O2. The number of nitrogens with zero attached hydrogens (tertiary/aromatic N) is 2. The Hall–Kier alpha value is -1.68. The maximum Gasteiger partial charge on any atom is 0.166 e. The highest BCUT2D eigenvalue weighted by Crippen LogP contribution is 2.19. The molecule has 0 saturated carbocycles. The summed E-state index contributed by atoms with van der Waals surface area (Å²) in [7, 11) is 0. The predicted octanol–water partition coefficient (Wildman–Crippen LogP) is 1.55. The van der Waals surface area contributed by atoms with Gasteiger partial charge in [-0.05, 0) is 19.9 Å². The van der Waals surface area contributed by atoms with Gasteiger partial charge < -0.3 is 5.11 Å². The predicted molar refractivity (Wildman–Crippen MR) is 65.8 cm³/mol. The molecule has 0 amide bonds. The maximum absolute atomic E-state index is 11.6. The number of para-hydroxylation sites is 1. The molecule has 1 aromatic carbocycles. The van der Waals surface area contributed by atoms with Crippen LogP contribution in [0.15, 0.2) is 24.3 Å². The van der Waals surface area contributed by atoms with Crippen LogP contribution in [0.25, 0.3) is 10.9 Å². The monoisotopic (exact) mass is 232 g/mol. The standard InChI is InChI=1S/C13H16N2O2/c1-3-15-12-7-5-4-6-10(12)11(14-15)8-13(17)9(2)16/h4-7,9,16H,3,8H2,1-2H3. The highest BCUT2D eigenvalue weighted by molar-refractivity contribution is 5.90. The fraction of sp³-hybridized carbons (Fsp3) is 0.385. The number of aliphatic hydroxyl groups excluding tert-OH is 1. The summed E-state index contributed by atoms with van der Waals surface area (Å²) in [5, 5.41) is 14.6. The third-order valence-corrected chi connectivity index (χ3v) is 2.84. The van der Waals surface area contributed by atoms with Crippen molar-refractivity contribution in [3.05, 3.63) is 30.0 Å². The van der Waals surface area contributed by atoms with Gasteiger partial charge in [0, 0.05) is 11.9 Å². The summed E-state index contributed by atoms with van der Waals surface area (Å²) in [6, 6.07) is 7.83. The Balaban J connectivity index is 2.44. The van der Waals surface area contributed by atoms with Gasteiger partial charge in [-0.25, -0.2) is 0 Å². The van der Waals surface area contributed by atoms with Crippen LogP contribution in [-0.4, -0.2) is 26.8 Å². The second kappa shape index (κ2) is 4.67. The summed E-state index contributed by atoms with van der Waals surface area (Å²) in [6.45, 7) is 4.27. The van der Waals surface area contributed by atoms with Crippen molar-refractivity contribution in [3.8, 4) is 0 Å². The van der Waals surface area contributed by atoms with Crippen LogP contribution in [0.4, 0.5) is 0 Å². The number of hydrogen-bond donors (Lipinski definition) is 1. The smallest absolute Gasteiger partial charge is 0.166 e. The van der Waals surface area contributed by atoms with Crippen molar-refractivity contribution in [2.45, 2.75) is 32.9 Å². The van der Waals surface area contributed by atoms with Gasteiger partial charge in [0.25, 0.3) is 0 Å². The molecule has 0 aliphatic rings. The van der Waals surface area contributed by atoms with Crippen LogP contribution in [0.2, 0.25) is 0 Å². The van der Waals surface area contributed by atoms with Gasteiger partial charge >= 0.3 is 0 Å². The number of aryl methyl sites for hydroxylation is 1. The van der Waals surface area contributed by atoms with E-state index in [1.807, 2.05) is 35.9 Å². The van der Waals surface area contributed by atoms with Crippen molar-refractivity contribution in [2.24, 2.45) is 0 Å². The van der Waals surface area contributed by atoms with Crippen LogP contribution in [0.3, 0.4) is 0 Å². The van der Waals surface area contributed by atoms with Gasteiger partial charge in [-0.3, -0.25) is 9.48 Å². The number of Topliss-reactive ketones (excluding diaryl/α,β-unsaturated/α-hetero) is 1. The Labute approximate surface area is 99.9 Å². The second-order valence-corrected chi connectivity index (χ2v) is 4.10. The summed E-state index contributed by atoms with van der Waals surface area (Å²) in [4.78, 5) is 11.6. The topological polar surface area (TPSA) is 55.1 Å². The fourth-order valence-corrected chi connectivity index (χ4v) is 1.88. The van der Waals surface area contributed by atoms with Gasteiger partial charge in [0.2, 0.25) is 0 Å². The lowest BCUT2D eigenvalue weighted by Gasteiger charge is -2.00. The van der Waals surface area contributed by atoms with E-state index in [1.54, 1.807) is 0 Å². The second-order valence-electron chi connectivity index (χ2n) is 4.10. The quantitative estimate of drug-likeness (QED) is 0.870. The summed E-state index contributed by atoms with van der Waals surface area (Å²) in [5.74, 6) is -0.198. The average Bonchev–Trinajstić information content (AvgIpc) is 2.68. The molecule has 2 aromatic rings. The molecule has 1 N–H and O–H groups in total. The van der Waals surface area contributed by atoms with E-state index in [-0.39, 0.29) is 12.2 Å². The van der Waals surface area contributed by atoms with Crippen LogP contribution in [0.5, 0.6) is 0 Å². The molecule has 0 saturated heterocycles. The van der Waals surface area contributed by atoms with E-state index in [4.69, 9.17) is 0 Å². The number of carbonyl (C=O) groups is 1. The van der Waals surface area contributed by atoms with E-state index >= 15 is 0 Å². The lowest BCUT2D eigenvalue weighted by atomic mass is 10.1. The molecule has 4 heteroatoms. The zero-order valence-corrected chi connectivity index (χ0v) is 10.1. The highest BCUT2D eigenvalue weighted by Gasteiger charge is 2.15. The Kier molecular flexibility index (Phi) is 3.24. The number of benzene rings is 1. The van der Waals surface area contributed by atoms with Gasteiger partial charge in [0.05, 0.1) is 17.6 Å². The van der Waals surface area contributed by atoms with Crippen molar-refractivity contribution in [3.63, 3.8) is 0 Å². The molecule has 0 radical (unpaired) electrons. The lowest BCUT2D eigenvalue weighted by molar-refractivity contribution is -0.125. The first-order valence-electron chi connectivity index (χ1n) is 5.78. The number of aromatic nitrogens is 2. The van der Waals surface area contributed by atoms with Crippen molar-refractivity contribution in [1.82, 2.24) is 9.78 Å². The molecule has 1 unspecified atom stereocenters. The molecule has 90 valence electrons. The third kappa shape index (κ3) is 2.22. The van der Waals surface area contributed by atoms with Crippen LogP contribution in [0.1, 0.15) is 19.5 Å². The number of rotatable bonds is 4. The molecule has 4 nitrogen and oxygen atoms in total. The van der Waals surface area contributed by atoms with Crippen molar-refractivity contribution in [1.29, 1.82) is 0 Å². The molecule has 1 atom stereocenters. The Bertz CT molecular complexity index is 543. The number of hydrogen-bond acceptors (Lipinski definition) is 3. The van der Waals surface area contributed by atoms with Gasteiger partial charge in [-0.1, -0.05) is 18.2 Å². The van der Waals surface area contributed by atoms with E-state index in [1.165, 1.54) is 6.92 Å². The van der Waals surface area contributed by atoms with Gasteiger partial charge in [0.15, 0.2) is 5.78 Å². The van der Waals surface area contributed by atoms with Crippen molar-refractivity contribution < 1.29 is 9.90 Å². The van der Waals surface area contributed by atoms with Gasteiger partial charge in [-0.15, -0.1) is 0 Å². The number of ketones is 1. The molecule has 1 heterocycles. The lowest BCUT2D eigenvalue weighted by Crippen LogP contribution is -2.18. The minimum Gasteiger partial charge on any atom is -0.386 e. The Morgan fingerprint density at radius 3 is 2.82 bits per heavy atom. The Morgan fingerprint density at radius 2 is 2.18 bits per heavy atom. The fourth-order valence-electron chi connectivity index (χ4n) is 1.88. The van der Waals surface area contributed by atoms with Crippen LogP contribution < -0.4 is 0 Å². The maximum atomic E-state index is 11.6. The molecular weight excluding hydrogens is 216 g/mol. The minimum absolute atomic E-state index is 0.186. The van der Waals surface area contributed by atoms with Gasteiger partial charge in [0.1, 0.15) is 6.10 Å². The van der Waals surface area contributed by atoms with E-state index in [2.05, 4.69) is 5.10 Å². The van der Waals surface area contributed by atoms with Crippen molar-refractivity contribution in [2.75, 3.05) is 0 Å². The normalized spacial score (nSPS) is 12.9. The molecule has 0 aliphatic heterocycles. The molecule has 1 aromatic heterocycles. The van der Waals surface area contributed by atoms with E-state index in [0.717, 1.165) is 23.1 Å². The molecule has 0 spiro atoms. The van der Waals surface area contributed by atoms with E-state index in [0.29, 0.717) is 0 Å². The zero-order valence-electron chi connectivity index (χ0n) is 10.1. The summed E-state index contributed by atoms with van der Waals surface area (Å²) in [5.41, 5.74) is 1.77.